The summed E-state index contributed by atoms with van der Waals surface area (Å²) < 4.78 is 5.09. The molecule has 0 saturated carbocycles. The van der Waals surface area contributed by atoms with E-state index in [-0.39, 0.29) is 30.2 Å². The van der Waals surface area contributed by atoms with Crippen molar-refractivity contribution in [3.05, 3.63) is 29.3 Å². The Kier molecular flexibility index (Phi) is 5.19. The number of likely N-dealkylation sites (tertiary alicyclic amines) is 1. The molecule has 1 aromatic carbocycles. The van der Waals surface area contributed by atoms with E-state index in [2.05, 4.69) is 5.32 Å². The van der Waals surface area contributed by atoms with Crippen molar-refractivity contribution in [2.75, 3.05) is 25.6 Å². The number of aryl methyl sites for hydroxylation is 2. The molecule has 1 aromatic rings. The molecule has 1 N–H and O–H groups in total. The summed E-state index contributed by atoms with van der Waals surface area (Å²) in [5.41, 5.74) is 2.94. The van der Waals surface area contributed by atoms with Crippen molar-refractivity contribution < 1.29 is 14.3 Å². The van der Waals surface area contributed by atoms with Gasteiger partial charge in [-0.3, -0.25) is 9.59 Å². The summed E-state index contributed by atoms with van der Waals surface area (Å²) in [6, 6.07) is 5.95. The minimum atomic E-state index is -0.299. The number of amides is 2. The number of nitrogens with one attached hydrogen (secondary N) is 1. The molecule has 2 rings (SSSR count). The van der Waals surface area contributed by atoms with Crippen LogP contribution in [0.25, 0.3) is 0 Å². The second-order valence-corrected chi connectivity index (χ2v) is 6.06. The fourth-order valence-corrected chi connectivity index (χ4v) is 2.77. The number of ether oxygens (including phenoxy) is 1. The lowest BCUT2D eigenvalue weighted by Gasteiger charge is -2.24. The van der Waals surface area contributed by atoms with E-state index in [1.165, 1.54) is 0 Å². The van der Waals surface area contributed by atoms with E-state index >= 15 is 0 Å². The lowest BCUT2D eigenvalue weighted by molar-refractivity contribution is -0.130. The Bertz CT molecular complexity index is 571. The van der Waals surface area contributed by atoms with Gasteiger partial charge in [0, 0.05) is 25.8 Å². The van der Waals surface area contributed by atoms with Crippen molar-refractivity contribution in [3.8, 4) is 0 Å². The van der Waals surface area contributed by atoms with Crippen molar-refractivity contribution >= 4 is 17.5 Å². The highest BCUT2D eigenvalue weighted by molar-refractivity contribution is 5.97. The van der Waals surface area contributed by atoms with Crippen LogP contribution >= 0.6 is 0 Å². The SMILES string of the molecule is COC[C@H](C)N1C[C@H](C(=O)Nc2cc(C)ccc2C)CC1=O. The third-order valence-electron chi connectivity index (χ3n) is 4.12. The van der Waals surface area contributed by atoms with Crippen molar-refractivity contribution in [2.24, 2.45) is 5.92 Å². The minimum Gasteiger partial charge on any atom is -0.383 e. The van der Waals surface area contributed by atoms with E-state index in [1.807, 2.05) is 39.0 Å². The molecular formula is C17H24N2O3. The van der Waals surface area contributed by atoms with Gasteiger partial charge in [0.1, 0.15) is 0 Å². The molecule has 0 aromatic heterocycles. The fraction of sp³-hybridized carbons (Fsp3) is 0.529. The molecular weight excluding hydrogens is 280 g/mol. The third-order valence-corrected chi connectivity index (χ3v) is 4.12. The molecule has 120 valence electrons. The first-order valence-corrected chi connectivity index (χ1v) is 7.59. The molecule has 0 spiro atoms. The lowest BCUT2D eigenvalue weighted by Crippen LogP contribution is -2.38. The van der Waals surface area contributed by atoms with Crippen molar-refractivity contribution in [1.82, 2.24) is 4.90 Å². The van der Waals surface area contributed by atoms with Gasteiger partial charge in [-0.1, -0.05) is 12.1 Å². The maximum Gasteiger partial charge on any atom is 0.229 e. The number of benzene rings is 1. The number of nitrogens with zero attached hydrogens (tertiary/aromatic N) is 1. The smallest absolute Gasteiger partial charge is 0.229 e. The maximum atomic E-state index is 12.4. The van der Waals surface area contributed by atoms with Crippen LogP contribution in [0, 0.1) is 19.8 Å². The van der Waals surface area contributed by atoms with E-state index in [1.54, 1.807) is 12.0 Å². The second-order valence-electron chi connectivity index (χ2n) is 6.06. The Morgan fingerprint density at radius 3 is 2.86 bits per heavy atom. The van der Waals surface area contributed by atoms with Crippen LogP contribution in [-0.2, 0) is 14.3 Å². The number of methoxy groups -OCH3 is 1. The summed E-state index contributed by atoms with van der Waals surface area (Å²) in [5.74, 6) is -0.369. The summed E-state index contributed by atoms with van der Waals surface area (Å²) in [6.07, 6.45) is 0.269. The van der Waals surface area contributed by atoms with Crippen LogP contribution in [0.15, 0.2) is 18.2 Å². The van der Waals surface area contributed by atoms with E-state index in [0.717, 1.165) is 16.8 Å². The van der Waals surface area contributed by atoms with Gasteiger partial charge in [-0.2, -0.15) is 0 Å². The van der Waals surface area contributed by atoms with Gasteiger partial charge in [0.05, 0.1) is 18.6 Å². The van der Waals surface area contributed by atoms with Crippen LogP contribution < -0.4 is 5.32 Å². The third kappa shape index (κ3) is 3.65. The van der Waals surface area contributed by atoms with Gasteiger partial charge in [-0.15, -0.1) is 0 Å². The first kappa shape index (κ1) is 16.5. The lowest BCUT2D eigenvalue weighted by atomic mass is 10.1. The normalized spacial score (nSPS) is 19.4. The van der Waals surface area contributed by atoms with Crippen LogP contribution in [0.2, 0.25) is 0 Å². The summed E-state index contributed by atoms with van der Waals surface area (Å²) in [7, 11) is 1.61. The van der Waals surface area contributed by atoms with E-state index in [0.29, 0.717) is 13.2 Å². The Hall–Kier alpha value is -1.88. The first-order chi connectivity index (χ1) is 10.4. The molecule has 2 amide bonds. The predicted octanol–water partition coefficient (Wildman–Crippen LogP) is 2.13. The molecule has 0 radical (unpaired) electrons. The number of rotatable bonds is 5. The summed E-state index contributed by atoms with van der Waals surface area (Å²) in [4.78, 5) is 26.2. The van der Waals surface area contributed by atoms with Gasteiger partial charge in [0.15, 0.2) is 0 Å². The van der Waals surface area contributed by atoms with Crippen LogP contribution in [0.5, 0.6) is 0 Å². The standard InChI is InChI=1S/C17H24N2O3/c1-11-5-6-12(2)15(7-11)18-17(21)14-8-16(20)19(9-14)13(3)10-22-4/h5-7,13-14H,8-10H2,1-4H3,(H,18,21)/t13-,14+/m0/s1. The Labute approximate surface area is 131 Å². The van der Waals surface area contributed by atoms with Gasteiger partial charge in [0.25, 0.3) is 0 Å². The zero-order chi connectivity index (χ0) is 16.3. The van der Waals surface area contributed by atoms with Crippen LogP contribution in [0.3, 0.4) is 0 Å². The van der Waals surface area contributed by atoms with Gasteiger partial charge >= 0.3 is 0 Å². The van der Waals surface area contributed by atoms with Gasteiger partial charge in [-0.05, 0) is 38.0 Å². The van der Waals surface area contributed by atoms with E-state index in [4.69, 9.17) is 4.74 Å². The molecule has 0 unspecified atom stereocenters. The van der Waals surface area contributed by atoms with Crippen molar-refractivity contribution in [2.45, 2.75) is 33.2 Å². The minimum absolute atomic E-state index is 0.00370. The fourth-order valence-electron chi connectivity index (χ4n) is 2.77. The Morgan fingerprint density at radius 2 is 2.18 bits per heavy atom. The molecule has 22 heavy (non-hydrogen) atoms. The molecule has 0 bridgehead atoms. The van der Waals surface area contributed by atoms with Gasteiger partial charge in [-0.25, -0.2) is 0 Å². The summed E-state index contributed by atoms with van der Waals surface area (Å²) in [5, 5.41) is 2.96. The van der Waals surface area contributed by atoms with Crippen molar-refractivity contribution in [1.29, 1.82) is 0 Å². The number of hydrogen-bond acceptors (Lipinski definition) is 3. The molecule has 5 nitrogen and oxygen atoms in total. The average molecular weight is 304 g/mol. The zero-order valence-corrected chi connectivity index (χ0v) is 13.7. The van der Waals surface area contributed by atoms with Gasteiger partial charge < -0.3 is 15.0 Å². The monoisotopic (exact) mass is 304 g/mol. The topological polar surface area (TPSA) is 58.6 Å². The number of carbonyl (C=O) groups is 2. The number of hydrogen-bond donors (Lipinski definition) is 1. The molecule has 1 fully saturated rings. The molecule has 1 heterocycles. The quantitative estimate of drug-likeness (QED) is 0.906. The largest absolute Gasteiger partial charge is 0.383 e. The van der Waals surface area contributed by atoms with Crippen LogP contribution in [0.4, 0.5) is 5.69 Å². The highest BCUT2D eigenvalue weighted by Crippen LogP contribution is 2.23. The molecule has 0 aliphatic carbocycles. The molecule has 1 saturated heterocycles. The highest BCUT2D eigenvalue weighted by Gasteiger charge is 2.36. The van der Waals surface area contributed by atoms with Crippen LogP contribution in [-0.4, -0.2) is 43.0 Å². The summed E-state index contributed by atoms with van der Waals surface area (Å²) in [6.45, 7) is 6.83. The second kappa shape index (κ2) is 6.92. The van der Waals surface area contributed by atoms with E-state index in [9.17, 15) is 9.59 Å². The Morgan fingerprint density at radius 1 is 1.45 bits per heavy atom. The highest BCUT2D eigenvalue weighted by atomic mass is 16.5. The average Bonchev–Trinajstić information content (AvgIpc) is 2.85. The molecule has 1 aliphatic rings. The molecule has 1 aliphatic heterocycles. The first-order valence-electron chi connectivity index (χ1n) is 7.59. The zero-order valence-electron chi connectivity index (χ0n) is 13.7. The Balaban J connectivity index is 2.02. The maximum absolute atomic E-state index is 12.4. The van der Waals surface area contributed by atoms with Crippen LogP contribution in [0.1, 0.15) is 24.5 Å². The molecule has 2 atom stereocenters. The number of carbonyl (C=O) groups excluding carboxylic acids is 2. The number of anilines is 1. The van der Waals surface area contributed by atoms with Crippen molar-refractivity contribution in [3.63, 3.8) is 0 Å². The van der Waals surface area contributed by atoms with Gasteiger partial charge in [0.2, 0.25) is 11.8 Å². The van der Waals surface area contributed by atoms with E-state index < -0.39 is 0 Å². The predicted molar refractivity (Wildman–Crippen MR) is 85.7 cm³/mol. The molecule has 5 heteroatoms. The summed E-state index contributed by atoms with van der Waals surface area (Å²) >= 11 is 0.